The molecule has 0 fully saturated rings. The average Bonchev–Trinajstić information content (AvgIpc) is 2.63. The molecule has 0 spiro atoms. The Morgan fingerprint density at radius 1 is 1.56 bits per heavy atom. The van der Waals surface area contributed by atoms with E-state index in [1.165, 1.54) is 5.56 Å². The van der Waals surface area contributed by atoms with E-state index in [0.29, 0.717) is 6.54 Å². The molecule has 86 valence electrons. The third-order valence-electron chi connectivity index (χ3n) is 3.10. The first-order valence-corrected chi connectivity index (χ1v) is 5.51. The zero-order valence-corrected chi connectivity index (χ0v) is 9.44. The summed E-state index contributed by atoms with van der Waals surface area (Å²) in [6, 6.07) is 5.95. The van der Waals surface area contributed by atoms with Crippen LogP contribution in [0.15, 0.2) is 18.2 Å². The highest BCUT2D eigenvalue weighted by Crippen LogP contribution is 2.33. The largest absolute Gasteiger partial charge is 0.397 e. The molecule has 1 atom stereocenters. The zero-order valence-electron chi connectivity index (χ0n) is 9.44. The number of amides is 1. The van der Waals surface area contributed by atoms with Crippen LogP contribution in [0.2, 0.25) is 0 Å². The van der Waals surface area contributed by atoms with Crippen LogP contribution in [-0.4, -0.2) is 19.0 Å². The van der Waals surface area contributed by atoms with E-state index in [4.69, 9.17) is 11.5 Å². The maximum atomic E-state index is 11.0. The summed E-state index contributed by atoms with van der Waals surface area (Å²) in [5.74, 6) is -0.409. The highest BCUT2D eigenvalue weighted by atomic mass is 16.1. The molecule has 0 aromatic heterocycles. The number of nitrogen functional groups attached to an aromatic ring is 1. The van der Waals surface area contributed by atoms with Crippen molar-refractivity contribution in [3.63, 3.8) is 0 Å². The molecule has 4 N–H and O–H groups in total. The Morgan fingerprint density at radius 3 is 3.00 bits per heavy atom. The molecule has 1 unspecified atom stereocenters. The second-order valence-electron chi connectivity index (χ2n) is 4.35. The van der Waals surface area contributed by atoms with Gasteiger partial charge in [-0.1, -0.05) is 19.1 Å². The monoisotopic (exact) mass is 219 g/mol. The molecule has 0 aliphatic carbocycles. The van der Waals surface area contributed by atoms with Crippen LogP contribution >= 0.6 is 0 Å². The number of primary amides is 1. The summed E-state index contributed by atoms with van der Waals surface area (Å²) in [6.07, 6.45) is 0.992. The lowest BCUT2D eigenvalue weighted by molar-refractivity contribution is -0.121. The fourth-order valence-corrected chi connectivity index (χ4v) is 2.17. The summed E-state index contributed by atoms with van der Waals surface area (Å²) in [5, 5.41) is 0. The Bertz CT molecular complexity index is 417. The van der Waals surface area contributed by atoms with Crippen molar-refractivity contribution in [2.24, 2.45) is 11.7 Å². The molecule has 16 heavy (non-hydrogen) atoms. The van der Waals surface area contributed by atoms with Crippen molar-refractivity contribution in [2.75, 3.05) is 23.7 Å². The molecule has 1 heterocycles. The molecular weight excluding hydrogens is 202 g/mol. The van der Waals surface area contributed by atoms with Crippen molar-refractivity contribution in [1.29, 1.82) is 0 Å². The molecule has 0 saturated heterocycles. The minimum absolute atomic E-state index is 0.148. The van der Waals surface area contributed by atoms with Gasteiger partial charge in [-0.3, -0.25) is 4.79 Å². The molecule has 2 rings (SSSR count). The van der Waals surface area contributed by atoms with Crippen LogP contribution < -0.4 is 16.4 Å². The first kappa shape index (κ1) is 10.8. The Labute approximate surface area is 95.2 Å². The summed E-state index contributed by atoms with van der Waals surface area (Å²) in [4.78, 5) is 13.2. The number of anilines is 2. The van der Waals surface area contributed by atoms with E-state index in [9.17, 15) is 4.79 Å². The predicted octanol–water partition coefficient (Wildman–Crippen LogP) is 0.753. The van der Waals surface area contributed by atoms with E-state index < -0.39 is 0 Å². The predicted molar refractivity (Wildman–Crippen MR) is 65.1 cm³/mol. The maximum Gasteiger partial charge on any atom is 0.222 e. The minimum Gasteiger partial charge on any atom is -0.397 e. The van der Waals surface area contributed by atoms with E-state index in [2.05, 4.69) is 11.0 Å². The molecule has 0 radical (unpaired) electrons. The molecule has 1 aromatic rings. The summed E-state index contributed by atoms with van der Waals surface area (Å²) < 4.78 is 0. The molecule has 1 aliphatic heterocycles. The Hall–Kier alpha value is -1.71. The summed E-state index contributed by atoms with van der Waals surface area (Å²) >= 11 is 0. The van der Waals surface area contributed by atoms with Gasteiger partial charge in [0.1, 0.15) is 0 Å². The van der Waals surface area contributed by atoms with E-state index in [0.717, 1.165) is 24.3 Å². The Kier molecular flexibility index (Phi) is 2.73. The maximum absolute atomic E-state index is 11.0. The standard InChI is InChI=1S/C12H17N3O/c1-8(12(14)16)7-15-6-5-9-3-2-4-10(13)11(9)15/h2-4,8H,5-7,13H2,1H3,(H2,14,16). The van der Waals surface area contributed by atoms with Crippen molar-refractivity contribution in [3.05, 3.63) is 23.8 Å². The molecule has 1 aromatic carbocycles. The second kappa shape index (κ2) is 4.04. The number of carbonyl (C=O) groups excluding carboxylic acids is 1. The van der Waals surface area contributed by atoms with Crippen molar-refractivity contribution in [1.82, 2.24) is 0 Å². The number of benzene rings is 1. The highest BCUT2D eigenvalue weighted by Gasteiger charge is 2.23. The Balaban J connectivity index is 2.20. The number of fused-ring (bicyclic) bond motifs is 1. The summed E-state index contributed by atoms with van der Waals surface area (Å²) in [5.41, 5.74) is 14.4. The quantitative estimate of drug-likeness (QED) is 0.737. The van der Waals surface area contributed by atoms with Crippen LogP contribution in [0.4, 0.5) is 11.4 Å². The molecule has 0 bridgehead atoms. The third-order valence-corrected chi connectivity index (χ3v) is 3.10. The van der Waals surface area contributed by atoms with Gasteiger partial charge >= 0.3 is 0 Å². The number of hydrogen-bond donors (Lipinski definition) is 2. The Morgan fingerprint density at radius 2 is 2.31 bits per heavy atom. The number of carbonyl (C=O) groups is 1. The van der Waals surface area contributed by atoms with Gasteiger partial charge in [0.05, 0.1) is 17.3 Å². The van der Waals surface area contributed by atoms with Gasteiger partial charge in [-0.25, -0.2) is 0 Å². The first-order valence-electron chi connectivity index (χ1n) is 5.51. The number of rotatable bonds is 3. The minimum atomic E-state index is -0.261. The first-order chi connectivity index (χ1) is 7.59. The lowest BCUT2D eigenvalue weighted by Crippen LogP contribution is -2.34. The van der Waals surface area contributed by atoms with E-state index in [1.54, 1.807) is 0 Å². The van der Waals surface area contributed by atoms with Crippen molar-refractivity contribution >= 4 is 17.3 Å². The second-order valence-corrected chi connectivity index (χ2v) is 4.35. The summed E-state index contributed by atoms with van der Waals surface area (Å²) in [6.45, 7) is 3.41. The van der Waals surface area contributed by atoms with Gasteiger partial charge in [-0.05, 0) is 18.1 Å². The third kappa shape index (κ3) is 1.83. The van der Waals surface area contributed by atoms with Gasteiger partial charge in [0.15, 0.2) is 0 Å². The van der Waals surface area contributed by atoms with E-state index in [1.807, 2.05) is 19.1 Å². The molecule has 4 nitrogen and oxygen atoms in total. The van der Waals surface area contributed by atoms with E-state index >= 15 is 0 Å². The van der Waals surface area contributed by atoms with Crippen molar-refractivity contribution in [3.8, 4) is 0 Å². The zero-order chi connectivity index (χ0) is 11.7. The van der Waals surface area contributed by atoms with Crippen LogP contribution in [-0.2, 0) is 11.2 Å². The summed E-state index contributed by atoms with van der Waals surface area (Å²) in [7, 11) is 0. The fourth-order valence-electron chi connectivity index (χ4n) is 2.17. The van der Waals surface area contributed by atoms with Crippen LogP contribution in [0.25, 0.3) is 0 Å². The lowest BCUT2D eigenvalue weighted by atomic mass is 10.1. The molecule has 0 saturated carbocycles. The van der Waals surface area contributed by atoms with E-state index in [-0.39, 0.29) is 11.8 Å². The van der Waals surface area contributed by atoms with Gasteiger partial charge in [-0.2, -0.15) is 0 Å². The van der Waals surface area contributed by atoms with Gasteiger partial charge in [0.25, 0.3) is 0 Å². The van der Waals surface area contributed by atoms with Crippen LogP contribution in [0.3, 0.4) is 0 Å². The number of nitrogens with zero attached hydrogens (tertiary/aromatic N) is 1. The number of para-hydroxylation sites is 1. The molecule has 1 aliphatic rings. The normalized spacial score (nSPS) is 15.9. The lowest BCUT2D eigenvalue weighted by Gasteiger charge is -2.23. The van der Waals surface area contributed by atoms with Crippen LogP contribution in [0.5, 0.6) is 0 Å². The van der Waals surface area contributed by atoms with Gasteiger partial charge in [0.2, 0.25) is 5.91 Å². The molecule has 4 heteroatoms. The molecular formula is C12H17N3O. The smallest absolute Gasteiger partial charge is 0.222 e. The highest BCUT2D eigenvalue weighted by molar-refractivity contribution is 5.79. The van der Waals surface area contributed by atoms with Gasteiger partial charge in [-0.15, -0.1) is 0 Å². The number of nitrogens with two attached hydrogens (primary N) is 2. The van der Waals surface area contributed by atoms with Crippen molar-refractivity contribution in [2.45, 2.75) is 13.3 Å². The van der Waals surface area contributed by atoms with Gasteiger partial charge < -0.3 is 16.4 Å². The fraction of sp³-hybridized carbons (Fsp3) is 0.417. The SMILES string of the molecule is CC(CN1CCc2cccc(N)c21)C(N)=O. The number of hydrogen-bond acceptors (Lipinski definition) is 3. The topological polar surface area (TPSA) is 72.3 Å². The van der Waals surface area contributed by atoms with Gasteiger partial charge in [0, 0.05) is 13.1 Å². The van der Waals surface area contributed by atoms with Crippen molar-refractivity contribution < 1.29 is 4.79 Å². The van der Waals surface area contributed by atoms with Crippen LogP contribution in [0.1, 0.15) is 12.5 Å². The van der Waals surface area contributed by atoms with Crippen LogP contribution in [0, 0.1) is 5.92 Å². The average molecular weight is 219 g/mol. The molecule has 1 amide bonds.